The minimum absolute atomic E-state index is 0.117. The van der Waals surface area contributed by atoms with Gasteiger partial charge in [-0.2, -0.15) is 0 Å². The maximum absolute atomic E-state index is 12.8. The van der Waals surface area contributed by atoms with Gasteiger partial charge < -0.3 is 20.1 Å². The molecule has 0 bridgehead atoms. The van der Waals surface area contributed by atoms with Gasteiger partial charge in [-0.3, -0.25) is 4.79 Å². The van der Waals surface area contributed by atoms with E-state index in [1.54, 1.807) is 11.3 Å². The van der Waals surface area contributed by atoms with Gasteiger partial charge in [0.15, 0.2) is 0 Å². The first-order valence-corrected chi connectivity index (χ1v) is 11.4. The van der Waals surface area contributed by atoms with Gasteiger partial charge >= 0.3 is 0 Å². The van der Waals surface area contributed by atoms with E-state index in [1.165, 1.54) is 11.2 Å². The monoisotopic (exact) mass is 440 g/mol. The predicted molar refractivity (Wildman–Crippen MR) is 123 cm³/mol. The van der Waals surface area contributed by atoms with E-state index in [-0.39, 0.29) is 12.0 Å². The minimum atomic E-state index is -0.459. The number of carbonyl (C=O) groups excluding carboxylic acids is 1. The van der Waals surface area contributed by atoms with Crippen molar-refractivity contribution in [2.75, 3.05) is 11.9 Å². The van der Waals surface area contributed by atoms with Crippen molar-refractivity contribution < 1.29 is 14.3 Å². The number of ether oxygens (including phenoxy) is 2. The Hall–Kier alpha value is -2.87. The Morgan fingerprint density at radius 2 is 2.16 bits per heavy atom. The van der Waals surface area contributed by atoms with Crippen molar-refractivity contribution in [3.05, 3.63) is 40.0 Å². The van der Waals surface area contributed by atoms with Crippen molar-refractivity contribution in [3.8, 4) is 11.5 Å². The lowest BCUT2D eigenvalue weighted by molar-refractivity contribution is -0.121. The lowest BCUT2D eigenvalue weighted by Crippen LogP contribution is -2.37. The van der Waals surface area contributed by atoms with Crippen molar-refractivity contribution in [1.82, 2.24) is 15.3 Å². The van der Waals surface area contributed by atoms with E-state index in [0.717, 1.165) is 44.8 Å². The third-order valence-electron chi connectivity index (χ3n) is 5.54. The zero-order chi connectivity index (χ0) is 22.1. The number of aromatic nitrogens is 2. The quantitative estimate of drug-likeness (QED) is 0.574. The largest absolute Gasteiger partial charge is 0.494 e. The molecule has 164 valence electrons. The van der Waals surface area contributed by atoms with Crippen molar-refractivity contribution in [2.45, 2.75) is 59.7 Å². The standard InChI is InChI=1S/C23H28N4O3S/c1-6-29-18-8-16-7-12(2)30-19(16)9-17(18)10-24-22(28)14(4)27-21-20-13(3)15(5)31-23(20)26-11-25-21/h8-9,11-12,14H,6-7,10H2,1-5H3,(H,24,28)(H,25,26,27)/t12-,14-/m1/s1. The number of hydrogen-bond donors (Lipinski definition) is 2. The van der Waals surface area contributed by atoms with Gasteiger partial charge in [-0.15, -0.1) is 11.3 Å². The molecule has 0 saturated carbocycles. The molecule has 0 aliphatic carbocycles. The number of amides is 1. The Balaban J connectivity index is 1.46. The molecular formula is C23H28N4O3S. The highest BCUT2D eigenvalue weighted by molar-refractivity contribution is 7.18. The molecule has 2 N–H and O–H groups in total. The number of nitrogens with zero attached hydrogens (tertiary/aromatic N) is 2. The third kappa shape index (κ3) is 4.30. The van der Waals surface area contributed by atoms with Crippen LogP contribution in [0, 0.1) is 13.8 Å². The second kappa shape index (κ2) is 8.70. The molecule has 0 unspecified atom stereocenters. The summed E-state index contributed by atoms with van der Waals surface area (Å²) in [6.45, 7) is 10.9. The number of benzene rings is 1. The van der Waals surface area contributed by atoms with E-state index in [9.17, 15) is 4.79 Å². The molecule has 0 spiro atoms. The van der Waals surface area contributed by atoms with Crippen LogP contribution in [0.4, 0.5) is 5.82 Å². The number of carbonyl (C=O) groups is 1. The zero-order valence-corrected chi connectivity index (χ0v) is 19.4. The van der Waals surface area contributed by atoms with Gasteiger partial charge in [-0.05, 0) is 52.3 Å². The van der Waals surface area contributed by atoms with Gasteiger partial charge in [0.05, 0.1) is 12.0 Å². The van der Waals surface area contributed by atoms with Crippen LogP contribution in [0.15, 0.2) is 18.5 Å². The van der Waals surface area contributed by atoms with E-state index in [0.29, 0.717) is 19.0 Å². The Kier molecular flexibility index (Phi) is 6.00. The molecule has 0 saturated heterocycles. The normalized spacial score (nSPS) is 16.0. The van der Waals surface area contributed by atoms with Crippen LogP contribution in [0.3, 0.4) is 0 Å². The number of anilines is 1. The Bertz CT molecular complexity index is 1130. The number of hydrogen-bond acceptors (Lipinski definition) is 7. The van der Waals surface area contributed by atoms with Gasteiger partial charge in [0.25, 0.3) is 0 Å². The Morgan fingerprint density at radius 3 is 2.94 bits per heavy atom. The van der Waals surface area contributed by atoms with Crippen molar-refractivity contribution >= 4 is 33.3 Å². The summed E-state index contributed by atoms with van der Waals surface area (Å²) in [7, 11) is 0. The highest BCUT2D eigenvalue weighted by atomic mass is 32.1. The topological polar surface area (TPSA) is 85.4 Å². The summed E-state index contributed by atoms with van der Waals surface area (Å²) >= 11 is 1.63. The summed E-state index contributed by atoms with van der Waals surface area (Å²) < 4.78 is 11.7. The van der Waals surface area contributed by atoms with Gasteiger partial charge in [-0.1, -0.05) is 0 Å². The van der Waals surface area contributed by atoms with Gasteiger partial charge in [0, 0.05) is 29.0 Å². The lowest BCUT2D eigenvalue weighted by Gasteiger charge is -2.17. The second-order valence-corrected chi connectivity index (χ2v) is 9.11. The van der Waals surface area contributed by atoms with E-state index < -0.39 is 6.04 Å². The molecule has 1 aliphatic heterocycles. The SMILES string of the molecule is CCOc1cc2c(cc1CNC(=O)[C@@H](C)Nc1ncnc3sc(C)c(C)c13)O[C@H](C)C2. The molecule has 1 aliphatic rings. The predicted octanol–water partition coefficient (Wildman–Crippen LogP) is 4.15. The summed E-state index contributed by atoms with van der Waals surface area (Å²) in [6.07, 6.45) is 2.56. The fourth-order valence-electron chi connectivity index (χ4n) is 3.81. The zero-order valence-electron chi connectivity index (χ0n) is 18.5. The summed E-state index contributed by atoms with van der Waals surface area (Å²) in [6, 6.07) is 3.55. The maximum Gasteiger partial charge on any atom is 0.242 e. The summed E-state index contributed by atoms with van der Waals surface area (Å²) in [4.78, 5) is 23.7. The average molecular weight is 441 g/mol. The molecular weight excluding hydrogens is 412 g/mol. The summed E-state index contributed by atoms with van der Waals surface area (Å²) in [5, 5.41) is 7.24. The molecule has 31 heavy (non-hydrogen) atoms. The lowest BCUT2D eigenvalue weighted by atomic mass is 10.1. The molecule has 2 atom stereocenters. The molecule has 1 aromatic carbocycles. The van der Waals surface area contributed by atoms with E-state index in [2.05, 4.69) is 41.4 Å². The van der Waals surface area contributed by atoms with Crippen molar-refractivity contribution in [1.29, 1.82) is 0 Å². The molecule has 2 aromatic heterocycles. The number of aryl methyl sites for hydroxylation is 2. The van der Waals surface area contributed by atoms with Crippen LogP contribution in [-0.2, 0) is 17.8 Å². The Labute approximate surface area is 186 Å². The van der Waals surface area contributed by atoms with Crippen LogP contribution in [0.5, 0.6) is 11.5 Å². The molecule has 3 heterocycles. The number of nitrogens with one attached hydrogen (secondary N) is 2. The van der Waals surface area contributed by atoms with Crippen LogP contribution < -0.4 is 20.1 Å². The second-order valence-electron chi connectivity index (χ2n) is 7.90. The fourth-order valence-corrected chi connectivity index (χ4v) is 4.80. The smallest absolute Gasteiger partial charge is 0.242 e. The van der Waals surface area contributed by atoms with Crippen LogP contribution in [0.1, 0.15) is 42.3 Å². The first-order chi connectivity index (χ1) is 14.9. The van der Waals surface area contributed by atoms with E-state index >= 15 is 0 Å². The van der Waals surface area contributed by atoms with E-state index in [1.807, 2.05) is 26.0 Å². The third-order valence-corrected chi connectivity index (χ3v) is 6.66. The average Bonchev–Trinajstić information content (AvgIpc) is 3.24. The van der Waals surface area contributed by atoms with E-state index in [4.69, 9.17) is 9.47 Å². The molecule has 7 nitrogen and oxygen atoms in total. The van der Waals surface area contributed by atoms with Crippen molar-refractivity contribution in [3.63, 3.8) is 0 Å². The van der Waals surface area contributed by atoms with Crippen LogP contribution in [0.2, 0.25) is 0 Å². The number of rotatable bonds is 7. The van der Waals surface area contributed by atoms with Gasteiger partial charge in [0.1, 0.15) is 40.6 Å². The first-order valence-electron chi connectivity index (χ1n) is 10.6. The molecule has 3 aromatic rings. The van der Waals surface area contributed by atoms with Gasteiger partial charge in [0.2, 0.25) is 5.91 Å². The highest BCUT2D eigenvalue weighted by Gasteiger charge is 2.23. The first kappa shape index (κ1) is 21.4. The van der Waals surface area contributed by atoms with Gasteiger partial charge in [-0.25, -0.2) is 9.97 Å². The van der Waals surface area contributed by atoms with Crippen molar-refractivity contribution in [2.24, 2.45) is 0 Å². The summed E-state index contributed by atoms with van der Waals surface area (Å²) in [5.41, 5.74) is 3.20. The number of thiophene rings is 1. The molecule has 8 heteroatoms. The van der Waals surface area contributed by atoms with Crippen LogP contribution >= 0.6 is 11.3 Å². The molecule has 0 radical (unpaired) electrons. The molecule has 0 fully saturated rings. The molecule has 4 rings (SSSR count). The fraction of sp³-hybridized carbons (Fsp3) is 0.435. The minimum Gasteiger partial charge on any atom is -0.494 e. The van der Waals surface area contributed by atoms with Crippen LogP contribution in [0.25, 0.3) is 10.2 Å². The highest BCUT2D eigenvalue weighted by Crippen LogP contribution is 2.35. The maximum atomic E-state index is 12.8. The Morgan fingerprint density at radius 1 is 1.35 bits per heavy atom. The summed E-state index contributed by atoms with van der Waals surface area (Å²) in [5.74, 6) is 2.23. The van der Waals surface area contributed by atoms with Crippen LogP contribution in [-0.4, -0.2) is 34.6 Å². The molecule has 1 amide bonds. The number of fused-ring (bicyclic) bond motifs is 2.